The Labute approximate surface area is 364 Å². The summed E-state index contributed by atoms with van der Waals surface area (Å²) in [4.78, 5) is 5.09. The number of fused-ring (bicyclic) bond motifs is 15. The number of allylic oxidation sites excluding steroid dienone is 1. The number of benzene rings is 9. The first-order valence-electron chi connectivity index (χ1n) is 22.1. The fourth-order valence-corrected chi connectivity index (χ4v) is 11.2. The molecule has 2 aliphatic rings. The Hall–Kier alpha value is -8.01. The highest BCUT2D eigenvalue weighted by Gasteiger charge is 2.26. The zero-order valence-electron chi connectivity index (χ0n) is 34.5. The molecule has 0 unspecified atom stereocenters. The lowest BCUT2D eigenvalue weighted by Crippen LogP contribution is -2.08. The van der Waals surface area contributed by atoms with E-state index in [1.807, 2.05) is 0 Å². The lowest BCUT2D eigenvalue weighted by atomic mass is 9.91. The van der Waals surface area contributed by atoms with E-state index in [4.69, 9.17) is 4.98 Å². The van der Waals surface area contributed by atoms with Crippen molar-refractivity contribution in [3.8, 4) is 39.2 Å². The Kier molecular flexibility index (Phi) is 7.29. The van der Waals surface area contributed by atoms with Crippen molar-refractivity contribution in [1.29, 1.82) is 0 Å². The molecule has 3 nitrogen and oxygen atoms in total. The Morgan fingerprint density at radius 3 is 1.67 bits per heavy atom. The van der Waals surface area contributed by atoms with Gasteiger partial charge in [0.05, 0.1) is 22.2 Å². The van der Waals surface area contributed by atoms with Crippen LogP contribution in [0, 0.1) is 0 Å². The van der Waals surface area contributed by atoms with E-state index in [1.165, 1.54) is 121 Å². The average molecular weight is 802 g/mol. The van der Waals surface area contributed by atoms with E-state index in [9.17, 15) is 0 Å². The predicted molar refractivity (Wildman–Crippen MR) is 265 cm³/mol. The van der Waals surface area contributed by atoms with E-state index in [0.717, 1.165) is 30.5 Å². The largest absolute Gasteiger partial charge is 0.313 e. The standard InChI is InChI=1S/C60H39N3/c1-2-16-46-44(14-1)45-15-3-4-17-47(45)54-32-38(25-28-48(46)54)37-12-11-13-40(30-37)56-35-53-41(36-61-56)31-39-24-26-42(33-52(39)53)63-59-23-10-7-20-51(59)55-34-43(27-29-60(55)63)62-57-21-8-5-18-49(57)50-19-6-9-22-58(50)62/h1-26,28,30,32-36H,27,29,31H2. The average Bonchev–Trinajstić information content (AvgIpc) is 4.01. The van der Waals surface area contributed by atoms with Gasteiger partial charge in [-0.05, 0) is 133 Å². The van der Waals surface area contributed by atoms with E-state index in [-0.39, 0.29) is 0 Å². The van der Waals surface area contributed by atoms with E-state index >= 15 is 0 Å². The van der Waals surface area contributed by atoms with Gasteiger partial charge in [-0.1, -0.05) is 140 Å². The molecule has 0 saturated heterocycles. The van der Waals surface area contributed by atoms with Crippen LogP contribution in [-0.2, 0) is 12.8 Å². The highest BCUT2D eigenvalue weighted by atomic mass is 15.0. The molecule has 14 rings (SSSR count). The Bertz CT molecular complexity index is 3860. The highest BCUT2D eigenvalue weighted by Crippen LogP contribution is 2.44. The normalized spacial score (nSPS) is 13.3. The molecule has 12 aromatic rings. The first kappa shape index (κ1) is 34.7. The van der Waals surface area contributed by atoms with Crippen LogP contribution in [-0.4, -0.2) is 14.1 Å². The Balaban J connectivity index is 0.855. The van der Waals surface area contributed by atoms with Gasteiger partial charge >= 0.3 is 0 Å². The third-order valence-electron chi connectivity index (χ3n) is 14.1. The zero-order valence-corrected chi connectivity index (χ0v) is 34.5. The molecule has 3 heterocycles. The topological polar surface area (TPSA) is 22.8 Å². The van der Waals surface area contributed by atoms with Gasteiger partial charge in [-0.25, -0.2) is 0 Å². The zero-order chi connectivity index (χ0) is 41.2. The summed E-state index contributed by atoms with van der Waals surface area (Å²) in [7, 11) is 0. The number of rotatable bonds is 4. The molecular weight excluding hydrogens is 763 g/mol. The third kappa shape index (κ3) is 5.11. The number of nitrogens with zero attached hydrogens (tertiary/aromatic N) is 3. The van der Waals surface area contributed by atoms with Crippen LogP contribution in [0.4, 0.5) is 0 Å². The lowest BCUT2D eigenvalue weighted by molar-refractivity contribution is 0.873. The quantitative estimate of drug-likeness (QED) is 0.163. The van der Waals surface area contributed by atoms with E-state index in [1.54, 1.807) is 0 Å². The second-order valence-corrected chi connectivity index (χ2v) is 17.4. The summed E-state index contributed by atoms with van der Waals surface area (Å²) >= 11 is 0. The van der Waals surface area contributed by atoms with Crippen LogP contribution in [0.5, 0.6) is 0 Å². The van der Waals surface area contributed by atoms with Crippen LogP contribution < -0.4 is 0 Å². The van der Waals surface area contributed by atoms with Crippen molar-refractivity contribution in [3.05, 3.63) is 217 Å². The van der Waals surface area contributed by atoms with Crippen molar-refractivity contribution < 1.29 is 0 Å². The summed E-state index contributed by atoms with van der Waals surface area (Å²) in [5, 5.41) is 11.7. The smallest absolute Gasteiger partial charge is 0.0708 e. The molecule has 0 atom stereocenters. The van der Waals surface area contributed by atoms with E-state index in [0.29, 0.717) is 0 Å². The van der Waals surface area contributed by atoms with Crippen molar-refractivity contribution in [2.45, 2.75) is 19.3 Å². The minimum atomic E-state index is 0.896. The second-order valence-electron chi connectivity index (χ2n) is 17.4. The molecule has 0 radical (unpaired) electrons. The fraction of sp³-hybridized carbons (Fsp3) is 0.0500. The molecule has 63 heavy (non-hydrogen) atoms. The van der Waals surface area contributed by atoms with Gasteiger partial charge < -0.3 is 9.13 Å². The molecule has 0 N–H and O–H groups in total. The molecule has 0 bridgehead atoms. The highest BCUT2D eigenvalue weighted by molar-refractivity contribution is 6.25. The van der Waals surface area contributed by atoms with Gasteiger partial charge in [-0.3, -0.25) is 4.98 Å². The van der Waals surface area contributed by atoms with Gasteiger partial charge in [-0.15, -0.1) is 0 Å². The summed E-state index contributed by atoms with van der Waals surface area (Å²) in [6, 6.07) is 69.5. The van der Waals surface area contributed by atoms with Crippen LogP contribution in [0.25, 0.3) is 116 Å². The maximum Gasteiger partial charge on any atom is 0.0708 e. The minimum Gasteiger partial charge on any atom is -0.313 e. The van der Waals surface area contributed by atoms with Crippen molar-refractivity contribution in [2.24, 2.45) is 0 Å². The second kappa shape index (κ2) is 13.2. The number of pyridine rings is 1. The van der Waals surface area contributed by atoms with E-state index in [2.05, 4.69) is 209 Å². The molecule has 0 aliphatic heterocycles. The van der Waals surface area contributed by atoms with Gasteiger partial charge in [0.1, 0.15) is 0 Å². The summed E-state index contributed by atoms with van der Waals surface area (Å²) in [6.45, 7) is 0. The van der Waals surface area contributed by atoms with Crippen LogP contribution in [0.3, 0.4) is 0 Å². The maximum absolute atomic E-state index is 5.09. The van der Waals surface area contributed by atoms with Crippen LogP contribution in [0.15, 0.2) is 194 Å². The SMILES string of the molecule is C1=C(n2c3ccccc3c3ccccc32)CCc2c1c1ccccc1n2-c1ccc2c(c1)-c1cc(-c3cccc(-c4ccc5c6ccccc6c6ccccc6c5c4)c3)ncc1C2. The monoisotopic (exact) mass is 801 g/mol. The third-order valence-corrected chi connectivity index (χ3v) is 14.1. The molecular formula is C60H39N3. The number of hydrogen-bond acceptors (Lipinski definition) is 1. The molecule has 9 aromatic carbocycles. The molecule has 294 valence electrons. The lowest BCUT2D eigenvalue weighted by Gasteiger charge is -2.20. The fourth-order valence-electron chi connectivity index (χ4n) is 11.2. The first-order chi connectivity index (χ1) is 31.2. The molecule has 0 fully saturated rings. The van der Waals surface area contributed by atoms with Crippen molar-refractivity contribution in [2.75, 3.05) is 0 Å². The molecule has 0 spiro atoms. The van der Waals surface area contributed by atoms with Crippen LogP contribution >= 0.6 is 0 Å². The van der Waals surface area contributed by atoms with Crippen molar-refractivity contribution in [1.82, 2.24) is 14.1 Å². The number of para-hydroxylation sites is 3. The van der Waals surface area contributed by atoms with Crippen molar-refractivity contribution in [3.63, 3.8) is 0 Å². The predicted octanol–water partition coefficient (Wildman–Crippen LogP) is 15.4. The van der Waals surface area contributed by atoms with Gasteiger partial charge in [-0.2, -0.15) is 0 Å². The summed E-state index contributed by atoms with van der Waals surface area (Å²) in [6.07, 6.45) is 7.39. The number of hydrogen-bond donors (Lipinski definition) is 0. The minimum absolute atomic E-state index is 0.896. The summed E-state index contributed by atoms with van der Waals surface area (Å²) in [5.74, 6) is 0. The molecule has 0 saturated carbocycles. The Morgan fingerprint density at radius 1 is 0.381 bits per heavy atom. The summed E-state index contributed by atoms with van der Waals surface area (Å²) in [5.41, 5.74) is 18.8. The van der Waals surface area contributed by atoms with Crippen LogP contribution in [0.1, 0.15) is 28.8 Å². The van der Waals surface area contributed by atoms with Gasteiger partial charge in [0.25, 0.3) is 0 Å². The molecule has 3 heteroatoms. The number of aromatic nitrogens is 3. The Morgan fingerprint density at radius 2 is 0.952 bits per heavy atom. The summed E-state index contributed by atoms with van der Waals surface area (Å²) < 4.78 is 5.03. The van der Waals surface area contributed by atoms with Gasteiger partial charge in [0.15, 0.2) is 0 Å². The first-order valence-corrected chi connectivity index (χ1v) is 22.1. The maximum atomic E-state index is 5.09. The van der Waals surface area contributed by atoms with E-state index < -0.39 is 0 Å². The van der Waals surface area contributed by atoms with Gasteiger partial charge in [0, 0.05) is 57.0 Å². The molecule has 3 aromatic heterocycles. The molecule has 2 aliphatic carbocycles. The van der Waals surface area contributed by atoms with Gasteiger partial charge in [0.2, 0.25) is 0 Å². The molecule has 0 amide bonds. The van der Waals surface area contributed by atoms with Crippen molar-refractivity contribution >= 4 is 76.8 Å². The van der Waals surface area contributed by atoms with Crippen LogP contribution in [0.2, 0.25) is 0 Å².